The number of hydrogen-bond donors (Lipinski definition) is 2. The Morgan fingerprint density at radius 3 is 2.56 bits per heavy atom. The Bertz CT molecular complexity index is 502. The molecule has 2 heterocycles. The summed E-state index contributed by atoms with van der Waals surface area (Å²) in [6.45, 7) is 1.76. The number of imide groups is 1. The summed E-state index contributed by atoms with van der Waals surface area (Å²) < 4.78 is 0. The third kappa shape index (κ3) is 2.24. The predicted octanol–water partition coefficient (Wildman–Crippen LogP) is -0.00408. The van der Waals surface area contributed by atoms with Crippen molar-refractivity contribution in [3.05, 3.63) is 11.9 Å². The van der Waals surface area contributed by atoms with Crippen molar-refractivity contribution in [3.63, 3.8) is 0 Å². The van der Waals surface area contributed by atoms with E-state index in [-0.39, 0.29) is 18.2 Å². The first-order valence-electron chi connectivity index (χ1n) is 5.61. The van der Waals surface area contributed by atoms with E-state index < -0.39 is 6.04 Å². The van der Waals surface area contributed by atoms with E-state index in [1.165, 1.54) is 7.05 Å². The molecule has 1 unspecified atom stereocenters. The molecule has 1 aromatic rings. The summed E-state index contributed by atoms with van der Waals surface area (Å²) in [6, 6.07) is 1.16. The first kappa shape index (κ1) is 12.3. The van der Waals surface area contributed by atoms with Gasteiger partial charge in [-0.25, -0.2) is 9.97 Å². The molecule has 0 radical (unpaired) electrons. The topological polar surface area (TPSA) is 87.2 Å². The summed E-state index contributed by atoms with van der Waals surface area (Å²) in [4.78, 5) is 32.6. The SMILES string of the molecule is CNc1cc(NC2CC(=O)N(C)C2=O)nc(C)n1. The first-order valence-corrected chi connectivity index (χ1v) is 5.61. The van der Waals surface area contributed by atoms with Gasteiger partial charge in [-0.15, -0.1) is 0 Å². The van der Waals surface area contributed by atoms with Crippen molar-refractivity contribution in [3.8, 4) is 0 Å². The minimum absolute atomic E-state index is 0.160. The van der Waals surface area contributed by atoms with Crippen molar-refractivity contribution in [1.29, 1.82) is 0 Å². The summed E-state index contributed by atoms with van der Waals surface area (Å²) in [5, 5.41) is 5.87. The zero-order chi connectivity index (χ0) is 13.3. The molecule has 1 aliphatic heterocycles. The van der Waals surface area contributed by atoms with E-state index in [9.17, 15) is 9.59 Å². The van der Waals surface area contributed by atoms with Gasteiger partial charge in [0, 0.05) is 20.2 Å². The number of nitrogens with one attached hydrogen (secondary N) is 2. The van der Waals surface area contributed by atoms with Gasteiger partial charge in [0.05, 0.1) is 6.42 Å². The Hall–Kier alpha value is -2.18. The Kier molecular flexibility index (Phi) is 3.14. The van der Waals surface area contributed by atoms with Crippen LogP contribution in [0.2, 0.25) is 0 Å². The molecule has 7 heteroatoms. The van der Waals surface area contributed by atoms with Crippen LogP contribution in [0.4, 0.5) is 11.6 Å². The summed E-state index contributed by atoms with van der Waals surface area (Å²) >= 11 is 0. The van der Waals surface area contributed by atoms with E-state index in [2.05, 4.69) is 20.6 Å². The summed E-state index contributed by atoms with van der Waals surface area (Å²) in [6.07, 6.45) is 0.160. The fourth-order valence-corrected chi connectivity index (χ4v) is 1.82. The number of likely N-dealkylation sites (tertiary alicyclic amines) is 1. The van der Waals surface area contributed by atoms with Gasteiger partial charge in [0.1, 0.15) is 23.5 Å². The number of likely N-dealkylation sites (N-methyl/N-ethyl adjacent to an activating group) is 1. The number of amides is 2. The lowest BCUT2D eigenvalue weighted by molar-refractivity contribution is -0.136. The molecule has 18 heavy (non-hydrogen) atoms. The van der Waals surface area contributed by atoms with Crippen LogP contribution in [0, 0.1) is 6.92 Å². The van der Waals surface area contributed by atoms with Crippen molar-refractivity contribution in [2.24, 2.45) is 0 Å². The van der Waals surface area contributed by atoms with Gasteiger partial charge in [-0.05, 0) is 6.92 Å². The third-order valence-electron chi connectivity index (χ3n) is 2.80. The standard InChI is InChI=1S/C11H15N5O2/c1-6-13-8(12-2)5-9(14-6)15-7-4-10(17)16(3)11(7)18/h5,7H,4H2,1-3H3,(H2,12,13,14,15). The van der Waals surface area contributed by atoms with Gasteiger partial charge in [-0.2, -0.15) is 0 Å². The van der Waals surface area contributed by atoms with Gasteiger partial charge < -0.3 is 10.6 Å². The monoisotopic (exact) mass is 249 g/mol. The number of nitrogens with zero attached hydrogens (tertiary/aromatic N) is 3. The number of hydrogen-bond acceptors (Lipinski definition) is 6. The van der Waals surface area contributed by atoms with Gasteiger partial charge in [0.25, 0.3) is 5.91 Å². The zero-order valence-electron chi connectivity index (χ0n) is 10.5. The van der Waals surface area contributed by atoms with E-state index in [4.69, 9.17) is 0 Å². The average molecular weight is 249 g/mol. The maximum absolute atomic E-state index is 11.7. The van der Waals surface area contributed by atoms with Gasteiger partial charge >= 0.3 is 0 Å². The van der Waals surface area contributed by atoms with Gasteiger partial charge in [0.2, 0.25) is 5.91 Å². The fourth-order valence-electron chi connectivity index (χ4n) is 1.82. The van der Waals surface area contributed by atoms with E-state index in [1.807, 2.05) is 0 Å². The maximum atomic E-state index is 11.7. The zero-order valence-corrected chi connectivity index (χ0v) is 10.5. The molecule has 0 aliphatic carbocycles. The van der Waals surface area contributed by atoms with Crippen LogP contribution in [0.3, 0.4) is 0 Å². The van der Waals surface area contributed by atoms with Crippen LogP contribution in [0.5, 0.6) is 0 Å². The minimum atomic E-state index is -0.540. The molecule has 7 nitrogen and oxygen atoms in total. The van der Waals surface area contributed by atoms with Crippen LogP contribution in [-0.2, 0) is 9.59 Å². The molecule has 0 spiro atoms. The van der Waals surface area contributed by atoms with Crippen molar-refractivity contribution < 1.29 is 9.59 Å². The molecule has 0 bridgehead atoms. The Morgan fingerprint density at radius 2 is 2.00 bits per heavy atom. The maximum Gasteiger partial charge on any atom is 0.251 e. The highest BCUT2D eigenvalue weighted by molar-refractivity contribution is 6.06. The second-order valence-corrected chi connectivity index (χ2v) is 4.13. The van der Waals surface area contributed by atoms with E-state index in [1.54, 1.807) is 20.0 Å². The van der Waals surface area contributed by atoms with Gasteiger partial charge in [-0.3, -0.25) is 14.5 Å². The lowest BCUT2D eigenvalue weighted by Crippen LogP contribution is -2.32. The van der Waals surface area contributed by atoms with Crippen molar-refractivity contribution >= 4 is 23.5 Å². The largest absolute Gasteiger partial charge is 0.373 e. The first-order chi connectivity index (χ1) is 8.51. The average Bonchev–Trinajstić information content (AvgIpc) is 2.56. The Morgan fingerprint density at radius 1 is 1.33 bits per heavy atom. The Labute approximate surface area is 105 Å². The van der Waals surface area contributed by atoms with Crippen molar-refractivity contribution in [2.75, 3.05) is 24.7 Å². The van der Waals surface area contributed by atoms with Crippen molar-refractivity contribution in [1.82, 2.24) is 14.9 Å². The molecule has 1 aliphatic rings. The molecule has 2 amide bonds. The highest BCUT2D eigenvalue weighted by Crippen LogP contribution is 2.17. The molecule has 2 N–H and O–H groups in total. The molecule has 0 aromatic carbocycles. The molecule has 1 fully saturated rings. The van der Waals surface area contributed by atoms with Crippen molar-refractivity contribution in [2.45, 2.75) is 19.4 Å². The van der Waals surface area contributed by atoms with Crippen LogP contribution in [0.25, 0.3) is 0 Å². The molecule has 0 saturated carbocycles. The number of aromatic nitrogens is 2. The van der Waals surface area contributed by atoms with Crippen LogP contribution < -0.4 is 10.6 Å². The third-order valence-corrected chi connectivity index (χ3v) is 2.80. The fraction of sp³-hybridized carbons (Fsp3) is 0.455. The predicted molar refractivity (Wildman–Crippen MR) is 66.1 cm³/mol. The molecular weight excluding hydrogens is 234 g/mol. The van der Waals surface area contributed by atoms with E-state index in [0.29, 0.717) is 17.5 Å². The van der Waals surface area contributed by atoms with Gasteiger partial charge in [-0.1, -0.05) is 0 Å². The number of anilines is 2. The number of carbonyl (C=O) groups excluding carboxylic acids is 2. The second-order valence-electron chi connectivity index (χ2n) is 4.13. The normalized spacial score (nSPS) is 19.3. The lowest BCUT2D eigenvalue weighted by Gasteiger charge is -2.12. The quantitative estimate of drug-likeness (QED) is 0.733. The van der Waals surface area contributed by atoms with E-state index in [0.717, 1.165) is 4.90 Å². The smallest absolute Gasteiger partial charge is 0.251 e. The van der Waals surface area contributed by atoms with E-state index >= 15 is 0 Å². The molecule has 2 rings (SSSR count). The lowest BCUT2D eigenvalue weighted by atomic mass is 10.2. The summed E-state index contributed by atoms with van der Waals surface area (Å²) in [5.41, 5.74) is 0. The van der Waals surface area contributed by atoms with Gasteiger partial charge in [0.15, 0.2) is 0 Å². The molecule has 1 saturated heterocycles. The van der Waals surface area contributed by atoms with Crippen LogP contribution in [0.15, 0.2) is 6.07 Å². The summed E-state index contributed by atoms with van der Waals surface area (Å²) in [5.74, 6) is 1.37. The second kappa shape index (κ2) is 4.59. The van der Waals surface area contributed by atoms with Crippen LogP contribution in [-0.4, -0.2) is 46.8 Å². The van der Waals surface area contributed by atoms with Crippen LogP contribution in [0.1, 0.15) is 12.2 Å². The molecule has 1 aromatic heterocycles. The number of aryl methyl sites for hydroxylation is 1. The summed E-state index contributed by atoms with van der Waals surface area (Å²) in [7, 11) is 3.24. The number of carbonyl (C=O) groups is 2. The highest BCUT2D eigenvalue weighted by Gasteiger charge is 2.36. The molecule has 1 atom stereocenters. The Balaban J connectivity index is 2.17. The number of rotatable bonds is 3. The van der Waals surface area contributed by atoms with Crippen LogP contribution >= 0.6 is 0 Å². The highest BCUT2D eigenvalue weighted by atomic mass is 16.2. The minimum Gasteiger partial charge on any atom is -0.373 e. The molecular formula is C11H15N5O2. The molecule has 96 valence electrons.